The van der Waals surface area contributed by atoms with Gasteiger partial charge in [-0.15, -0.1) is 0 Å². The van der Waals surface area contributed by atoms with Crippen molar-refractivity contribution in [2.24, 2.45) is 10.9 Å². The number of thioether (sulfide) groups is 1. The van der Waals surface area contributed by atoms with Crippen molar-refractivity contribution in [2.45, 2.75) is 56.1 Å². The van der Waals surface area contributed by atoms with E-state index in [9.17, 15) is 0 Å². The van der Waals surface area contributed by atoms with Crippen molar-refractivity contribution in [3.05, 3.63) is 0 Å². The standard InChI is InChI=1S/C20H37N3O2S/c1-21-19(22-10-5-12-25-16-18-6-13-24-14-7-18)23-11-15-26-20(17-23)8-3-2-4-9-20/h18H,2-17H2,1H3,(H,21,22). The largest absolute Gasteiger partial charge is 0.381 e. The van der Waals surface area contributed by atoms with E-state index in [1.807, 2.05) is 7.05 Å². The molecule has 6 heteroatoms. The minimum Gasteiger partial charge on any atom is -0.381 e. The number of rotatable bonds is 6. The summed E-state index contributed by atoms with van der Waals surface area (Å²) in [6, 6.07) is 0. The Labute approximate surface area is 163 Å². The predicted molar refractivity (Wildman–Crippen MR) is 110 cm³/mol. The number of hydrogen-bond donors (Lipinski definition) is 1. The van der Waals surface area contributed by atoms with Gasteiger partial charge in [-0.05, 0) is 38.0 Å². The summed E-state index contributed by atoms with van der Waals surface area (Å²) < 4.78 is 11.8. The van der Waals surface area contributed by atoms with E-state index in [0.717, 1.165) is 71.3 Å². The van der Waals surface area contributed by atoms with Crippen LogP contribution in [0.25, 0.3) is 0 Å². The molecule has 0 radical (unpaired) electrons. The van der Waals surface area contributed by atoms with E-state index in [1.54, 1.807) is 0 Å². The van der Waals surface area contributed by atoms with E-state index >= 15 is 0 Å². The molecule has 1 N–H and O–H groups in total. The third-order valence-corrected chi connectivity index (χ3v) is 7.50. The Morgan fingerprint density at radius 1 is 1.27 bits per heavy atom. The molecule has 0 unspecified atom stereocenters. The predicted octanol–water partition coefficient (Wildman–Crippen LogP) is 3.15. The lowest BCUT2D eigenvalue weighted by Gasteiger charge is -2.45. The van der Waals surface area contributed by atoms with Crippen LogP contribution in [0.2, 0.25) is 0 Å². The molecule has 26 heavy (non-hydrogen) atoms. The number of guanidine groups is 1. The summed E-state index contributed by atoms with van der Waals surface area (Å²) in [5.74, 6) is 3.01. The number of nitrogens with one attached hydrogen (secondary N) is 1. The van der Waals surface area contributed by atoms with Gasteiger partial charge in [0.2, 0.25) is 0 Å². The molecule has 1 spiro atoms. The summed E-state index contributed by atoms with van der Waals surface area (Å²) in [6.07, 6.45) is 10.3. The molecule has 150 valence electrons. The van der Waals surface area contributed by atoms with Crippen LogP contribution in [0.5, 0.6) is 0 Å². The smallest absolute Gasteiger partial charge is 0.193 e. The zero-order valence-electron chi connectivity index (χ0n) is 16.5. The Bertz CT molecular complexity index is 429. The highest BCUT2D eigenvalue weighted by Gasteiger charge is 2.38. The maximum absolute atomic E-state index is 5.87. The third kappa shape index (κ3) is 6.03. The van der Waals surface area contributed by atoms with Crippen LogP contribution in [0, 0.1) is 5.92 Å². The van der Waals surface area contributed by atoms with Gasteiger partial charge < -0.3 is 19.7 Å². The minimum atomic E-state index is 0.487. The van der Waals surface area contributed by atoms with Crippen molar-refractivity contribution in [3.63, 3.8) is 0 Å². The summed E-state index contributed by atoms with van der Waals surface area (Å²) in [6.45, 7) is 6.76. The van der Waals surface area contributed by atoms with E-state index in [-0.39, 0.29) is 0 Å². The Hall–Kier alpha value is -0.460. The van der Waals surface area contributed by atoms with Crippen LogP contribution >= 0.6 is 11.8 Å². The molecule has 0 amide bonds. The summed E-state index contributed by atoms with van der Waals surface area (Å²) >= 11 is 2.21. The maximum atomic E-state index is 5.87. The maximum Gasteiger partial charge on any atom is 0.193 e. The van der Waals surface area contributed by atoms with Crippen molar-refractivity contribution in [1.29, 1.82) is 0 Å². The van der Waals surface area contributed by atoms with Gasteiger partial charge in [0.15, 0.2) is 5.96 Å². The Morgan fingerprint density at radius 2 is 2.08 bits per heavy atom. The number of hydrogen-bond acceptors (Lipinski definition) is 4. The van der Waals surface area contributed by atoms with Gasteiger partial charge >= 0.3 is 0 Å². The fraction of sp³-hybridized carbons (Fsp3) is 0.950. The molecule has 0 atom stereocenters. The zero-order valence-corrected chi connectivity index (χ0v) is 17.3. The Kier molecular flexibility index (Phi) is 8.40. The van der Waals surface area contributed by atoms with Crippen molar-refractivity contribution >= 4 is 17.7 Å². The SMILES string of the molecule is CN=C(NCCCOCC1CCOCC1)N1CCSC2(CCCCC2)C1. The van der Waals surface area contributed by atoms with Gasteiger partial charge in [-0.1, -0.05) is 19.3 Å². The number of nitrogens with zero attached hydrogens (tertiary/aromatic N) is 2. The van der Waals surface area contributed by atoms with Gasteiger partial charge in [-0.2, -0.15) is 11.8 Å². The van der Waals surface area contributed by atoms with E-state index in [2.05, 4.69) is 27.0 Å². The van der Waals surface area contributed by atoms with Gasteiger partial charge in [-0.25, -0.2) is 0 Å². The fourth-order valence-corrected chi connectivity index (χ4v) is 5.96. The van der Waals surface area contributed by atoms with Crippen LogP contribution in [0.1, 0.15) is 51.4 Å². The van der Waals surface area contributed by atoms with Gasteiger partial charge in [0, 0.05) is 63.6 Å². The average molecular weight is 384 g/mol. The van der Waals surface area contributed by atoms with Gasteiger partial charge in [0.25, 0.3) is 0 Å². The van der Waals surface area contributed by atoms with Crippen LogP contribution < -0.4 is 5.32 Å². The fourth-order valence-electron chi connectivity index (χ4n) is 4.39. The lowest BCUT2D eigenvalue weighted by atomic mass is 9.87. The first kappa shape index (κ1) is 20.3. The average Bonchev–Trinajstić information content (AvgIpc) is 2.69. The molecule has 1 saturated carbocycles. The first-order valence-electron chi connectivity index (χ1n) is 10.6. The first-order valence-corrected chi connectivity index (χ1v) is 11.5. The van der Waals surface area contributed by atoms with Crippen molar-refractivity contribution < 1.29 is 9.47 Å². The molecule has 3 aliphatic rings. The molecule has 2 heterocycles. The highest BCUT2D eigenvalue weighted by atomic mass is 32.2. The number of aliphatic imine (C=N–C) groups is 1. The van der Waals surface area contributed by atoms with E-state index in [4.69, 9.17) is 9.47 Å². The molecule has 3 rings (SSSR count). The quantitative estimate of drug-likeness (QED) is 0.434. The third-order valence-electron chi connectivity index (χ3n) is 5.97. The monoisotopic (exact) mass is 383 g/mol. The van der Waals surface area contributed by atoms with Crippen molar-refractivity contribution in [2.75, 3.05) is 58.9 Å². The molecule has 0 aromatic carbocycles. The van der Waals surface area contributed by atoms with Crippen LogP contribution in [-0.2, 0) is 9.47 Å². The van der Waals surface area contributed by atoms with Gasteiger partial charge in [-0.3, -0.25) is 4.99 Å². The molecule has 5 nitrogen and oxygen atoms in total. The molecule has 2 saturated heterocycles. The highest BCUT2D eigenvalue weighted by Crippen LogP contribution is 2.42. The summed E-state index contributed by atoms with van der Waals surface area (Å²) in [5.41, 5.74) is 0. The molecule has 1 aliphatic carbocycles. The zero-order chi connectivity index (χ0) is 18.1. The molecule has 0 aromatic rings. The van der Waals surface area contributed by atoms with Crippen molar-refractivity contribution in [1.82, 2.24) is 10.2 Å². The minimum absolute atomic E-state index is 0.487. The lowest BCUT2D eigenvalue weighted by Crippen LogP contribution is -2.53. The van der Waals surface area contributed by atoms with E-state index in [0.29, 0.717) is 10.7 Å². The summed E-state index contributed by atoms with van der Waals surface area (Å²) in [4.78, 5) is 7.04. The molecule has 0 bridgehead atoms. The Morgan fingerprint density at radius 3 is 2.85 bits per heavy atom. The second-order valence-corrected chi connectivity index (χ2v) is 9.53. The summed E-state index contributed by atoms with van der Waals surface area (Å²) in [7, 11) is 1.92. The van der Waals surface area contributed by atoms with Crippen LogP contribution in [0.3, 0.4) is 0 Å². The van der Waals surface area contributed by atoms with Crippen molar-refractivity contribution in [3.8, 4) is 0 Å². The highest BCUT2D eigenvalue weighted by molar-refractivity contribution is 8.00. The van der Waals surface area contributed by atoms with E-state index < -0.39 is 0 Å². The first-order chi connectivity index (χ1) is 12.8. The molecule has 2 aliphatic heterocycles. The molecular formula is C20H37N3O2S. The van der Waals surface area contributed by atoms with Crippen LogP contribution in [0.15, 0.2) is 4.99 Å². The van der Waals surface area contributed by atoms with Crippen LogP contribution in [-0.4, -0.2) is 74.5 Å². The van der Waals surface area contributed by atoms with E-state index in [1.165, 1.54) is 37.9 Å². The normalized spacial score (nSPS) is 24.8. The van der Waals surface area contributed by atoms with Gasteiger partial charge in [0.1, 0.15) is 0 Å². The summed E-state index contributed by atoms with van der Waals surface area (Å²) in [5, 5.41) is 3.57. The lowest BCUT2D eigenvalue weighted by molar-refractivity contribution is 0.0203. The topological polar surface area (TPSA) is 46.1 Å². The number of ether oxygens (including phenoxy) is 2. The second-order valence-electron chi connectivity index (χ2n) is 7.97. The molecular weight excluding hydrogens is 346 g/mol. The second kappa shape index (κ2) is 10.8. The van der Waals surface area contributed by atoms with Gasteiger partial charge in [0.05, 0.1) is 0 Å². The molecule has 0 aromatic heterocycles. The van der Waals surface area contributed by atoms with Crippen LogP contribution in [0.4, 0.5) is 0 Å². The Balaban J connectivity index is 1.32. The molecule has 3 fully saturated rings.